The molecule has 1 saturated heterocycles. The van der Waals surface area contributed by atoms with Gasteiger partial charge in [0, 0.05) is 12.0 Å². The van der Waals surface area contributed by atoms with Crippen LogP contribution in [0.4, 0.5) is 4.79 Å². The van der Waals surface area contributed by atoms with Gasteiger partial charge in [-0.25, -0.2) is 4.79 Å². The van der Waals surface area contributed by atoms with Crippen LogP contribution in [0.15, 0.2) is 30.3 Å². The van der Waals surface area contributed by atoms with Gasteiger partial charge < -0.3 is 5.32 Å². The quantitative estimate of drug-likeness (QED) is 0.643. The van der Waals surface area contributed by atoms with Gasteiger partial charge in [-0.05, 0) is 80.0 Å². The third-order valence-electron chi connectivity index (χ3n) is 6.76. The maximum atomic E-state index is 13.2. The van der Waals surface area contributed by atoms with E-state index in [1.807, 2.05) is 52.0 Å². The molecule has 1 atom stereocenters. The van der Waals surface area contributed by atoms with Crippen LogP contribution in [0.3, 0.4) is 0 Å². The van der Waals surface area contributed by atoms with Crippen molar-refractivity contribution in [1.82, 2.24) is 10.2 Å². The Morgan fingerprint density at radius 1 is 1.03 bits per heavy atom. The van der Waals surface area contributed by atoms with Crippen molar-refractivity contribution in [1.29, 1.82) is 0 Å². The molecule has 1 aliphatic carbocycles. The van der Waals surface area contributed by atoms with Crippen LogP contribution >= 0.6 is 0 Å². The van der Waals surface area contributed by atoms with E-state index >= 15 is 0 Å². The maximum absolute atomic E-state index is 13.2. The van der Waals surface area contributed by atoms with Crippen molar-refractivity contribution in [2.75, 3.05) is 6.54 Å². The Balaban J connectivity index is 1.59. The van der Waals surface area contributed by atoms with Gasteiger partial charge in [-0.3, -0.25) is 14.5 Å². The van der Waals surface area contributed by atoms with Crippen LogP contribution in [0.25, 0.3) is 0 Å². The molecule has 1 heterocycles. The number of benzene rings is 2. The van der Waals surface area contributed by atoms with Gasteiger partial charge in [-0.2, -0.15) is 0 Å². The highest BCUT2D eigenvalue weighted by Crippen LogP contribution is 2.34. The van der Waals surface area contributed by atoms with Gasteiger partial charge in [0.1, 0.15) is 5.54 Å². The second-order valence-electron chi connectivity index (χ2n) is 8.39. The summed E-state index contributed by atoms with van der Waals surface area (Å²) in [6.45, 7) is 7.70. The van der Waals surface area contributed by atoms with Gasteiger partial charge in [-0.15, -0.1) is 0 Å². The van der Waals surface area contributed by atoms with E-state index in [0.29, 0.717) is 18.4 Å². The molecule has 0 bridgehead atoms. The molecule has 2 aromatic rings. The van der Waals surface area contributed by atoms with Crippen LogP contribution in [-0.2, 0) is 17.6 Å². The highest BCUT2D eigenvalue weighted by Gasteiger charge is 2.52. The number of urea groups is 1. The van der Waals surface area contributed by atoms with Gasteiger partial charge in [0.15, 0.2) is 5.78 Å². The van der Waals surface area contributed by atoms with Gasteiger partial charge in [0.2, 0.25) is 0 Å². The first-order chi connectivity index (χ1) is 13.7. The molecule has 29 heavy (non-hydrogen) atoms. The number of carbonyl (C=O) groups is 3. The van der Waals surface area contributed by atoms with E-state index < -0.39 is 11.6 Å². The highest BCUT2D eigenvalue weighted by atomic mass is 16.2. The van der Waals surface area contributed by atoms with E-state index in [-0.39, 0.29) is 18.2 Å². The summed E-state index contributed by atoms with van der Waals surface area (Å²) < 4.78 is 0. The van der Waals surface area contributed by atoms with Crippen molar-refractivity contribution in [3.05, 3.63) is 69.3 Å². The smallest absolute Gasteiger partial charge is 0.323 e. The zero-order valence-corrected chi connectivity index (χ0v) is 17.4. The Morgan fingerprint density at radius 3 is 2.45 bits per heavy atom. The summed E-state index contributed by atoms with van der Waals surface area (Å²) in [4.78, 5) is 40.0. The van der Waals surface area contributed by atoms with Crippen LogP contribution in [0.2, 0.25) is 0 Å². The van der Waals surface area contributed by atoms with Gasteiger partial charge in [0.25, 0.3) is 5.91 Å². The number of aryl methyl sites for hydroxylation is 2. The molecule has 0 saturated carbocycles. The monoisotopic (exact) mass is 390 g/mol. The fourth-order valence-electron chi connectivity index (χ4n) is 4.57. The Bertz CT molecular complexity index is 1060. The first-order valence-corrected chi connectivity index (χ1v) is 10.0. The number of Topliss-reactive ketones (excluding diaryl/α,β-unsaturated/α-hetero) is 1. The summed E-state index contributed by atoms with van der Waals surface area (Å²) in [5.74, 6) is -0.492. The number of rotatable bonds is 3. The Morgan fingerprint density at radius 2 is 1.72 bits per heavy atom. The topological polar surface area (TPSA) is 66.5 Å². The van der Waals surface area contributed by atoms with Crippen molar-refractivity contribution in [3.63, 3.8) is 0 Å². The summed E-state index contributed by atoms with van der Waals surface area (Å²) in [5.41, 5.74) is 6.14. The fourth-order valence-corrected chi connectivity index (χ4v) is 4.57. The molecule has 5 heteroatoms. The van der Waals surface area contributed by atoms with Crippen LogP contribution in [-0.4, -0.2) is 34.7 Å². The molecule has 1 unspecified atom stereocenters. The summed E-state index contributed by atoms with van der Waals surface area (Å²) in [6, 6.07) is 9.40. The van der Waals surface area contributed by atoms with Crippen molar-refractivity contribution in [3.8, 4) is 0 Å². The summed E-state index contributed by atoms with van der Waals surface area (Å²) in [6.07, 6.45) is 1.76. The number of nitrogens with zero attached hydrogens (tertiary/aromatic N) is 1. The number of hydrogen-bond donors (Lipinski definition) is 1. The molecular weight excluding hydrogens is 364 g/mol. The lowest BCUT2D eigenvalue weighted by Crippen LogP contribution is -2.51. The van der Waals surface area contributed by atoms with Gasteiger partial charge in [-0.1, -0.05) is 24.3 Å². The van der Waals surface area contributed by atoms with Crippen LogP contribution in [0, 0.1) is 27.7 Å². The minimum absolute atomic E-state index is 0.203. The lowest BCUT2D eigenvalue weighted by Gasteiger charge is -2.32. The van der Waals surface area contributed by atoms with E-state index in [1.165, 1.54) is 5.56 Å². The zero-order valence-electron chi connectivity index (χ0n) is 17.4. The fraction of sp³-hybridized carbons (Fsp3) is 0.375. The average Bonchev–Trinajstić information content (AvgIpc) is 2.92. The molecule has 150 valence electrons. The Hall–Kier alpha value is -2.95. The lowest BCUT2D eigenvalue weighted by molar-refractivity contribution is -0.131. The predicted molar refractivity (Wildman–Crippen MR) is 111 cm³/mol. The molecule has 0 radical (unpaired) electrons. The third kappa shape index (κ3) is 3.05. The number of fused-ring (bicyclic) bond motifs is 1. The number of imide groups is 1. The largest absolute Gasteiger partial charge is 0.325 e. The van der Waals surface area contributed by atoms with Crippen molar-refractivity contribution >= 4 is 17.7 Å². The average molecular weight is 390 g/mol. The van der Waals surface area contributed by atoms with Crippen molar-refractivity contribution < 1.29 is 14.4 Å². The van der Waals surface area contributed by atoms with Crippen molar-refractivity contribution in [2.24, 2.45) is 0 Å². The van der Waals surface area contributed by atoms with E-state index in [2.05, 4.69) is 11.4 Å². The maximum Gasteiger partial charge on any atom is 0.325 e. The zero-order chi connectivity index (χ0) is 20.9. The van der Waals surface area contributed by atoms with Crippen LogP contribution in [0.1, 0.15) is 50.2 Å². The number of amides is 3. The highest BCUT2D eigenvalue weighted by molar-refractivity contribution is 6.11. The normalized spacial score (nSPS) is 20.8. The van der Waals surface area contributed by atoms with E-state index in [1.54, 1.807) is 0 Å². The molecule has 1 spiro atoms. The molecule has 5 nitrogen and oxygen atoms in total. The minimum atomic E-state index is -0.931. The molecule has 1 aliphatic heterocycles. The summed E-state index contributed by atoms with van der Waals surface area (Å²) in [7, 11) is 0. The number of hydrogen-bond acceptors (Lipinski definition) is 3. The van der Waals surface area contributed by atoms with Gasteiger partial charge >= 0.3 is 6.03 Å². The van der Waals surface area contributed by atoms with E-state index in [0.717, 1.165) is 39.1 Å². The van der Waals surface area contributed by atoms with E-state index in [4.69, 9.17) is 0 Å². The molecule has 0 aromatic heterocycles. The SMILES string of the molecule is Cc1cc(C(=O)CN2C(=O)NC3(CCc4ccccc4C3)C2=O)c(C)c(C)c1C. The molecular formula is C24H26N2O3. The van der Waals surface area contributed by atoms with E-state index in [9.17, 15) is 14.4 Å². The third-order valence-corrected chi connectivity index (χ3v) is 6.76. The minimum Gasteiger partial charge on any atom is -0.323 e. The lowest BCUT2D eigenvalue weighted by atomic mass is 9.78. The first-order valence-electron chi connectivity index (χ1n) is 10.0. The predicted octanol–water partition coefficient (Wildman–Crippen LogP) is 3.58. The molecule has 2 aliphatic rings. The van der Waals surface area contributed by atoms with Crippen LogP contribution in [0.5, 0.6) is 0 Å². The van der Waals surface area contributed by atoms with Gasteiger partial charge in [0.05, 0.1) is 6.54 Å². The molecule has 1 N–H and O–H groups in total. The summed E-state index contributed by atoms with van der Waals surface area (Å²) >= 11 is 0. The summed E-state index contributed by atoms with van der Waals surface area (Å²) in [5, 5.41) is 2.90. The first kappa shape index (κ1) is 19.4. The van der Waals surface area contributed by atoms with Crippen LogP contribution < -0.4 is 5.32 Å². The van der Waals surface area contributed by atoms with Crippen molar-refractivity contribution in [2.45, 2.75) is 52.5 Å². The molecule has 2 aromatic carbocycles. The Labute approximate surface area is 171 Å². The molecule has 1 fully saturated rings. The molecule has 3 amide bonds. The second kappa shape index (κ2) is 6.83. The number of ketones is 1. The standard InChI is InChI=1S/C24H26N2O3/c1-14-11-20(17(4)16(3)15(14)2)21(27)13-26-22(28)24(25-23(26)29)10-9-18-7-5-6-8-19(18)12-24/h5-8,11H,9-10,12-13H2,1-4H3,(H,25,29). The number of carbonyl (C=O) groups excluding carboxylic acids is 3. The molecule has 4 rings (SSSR count). The number of nitrogens with one attached hydrogen (secondary N) is 1. The second-order valence-corrected chi connectivity index (χ2v) is 8.39. The Kier molecular flexibility index (Phi) is 4.56.